The second-order valence-corrected chi connectivity index (χ2v) is 11.7. The van der Waals surface area contributed by atoms with Crippen molar-refractivity contribution in [3.63, 3.8) is 0 Å². The number of hydrogen-bond acceptors (Lipinski definition) is 2. The van der Waals surface area contributed by atoms with Crippen molar-refractivity contribution in [1.82, 2.24) is 0 Å². The van der Waals surface area contributed by atoms with E-state index in [-0.39, 0.29) is 0 Å². The molecule has 198 valence electrons. The maximum Gasteiger partial charge on any atom is 0.0540 e. The minimum Gasteiger partial charge on any atom is -0.310 e. The SMILES string of the molecule is c1ccc(N(c2cccc(-c3ccc4c(c3)sc3ccccc34)c2)c2ccccc2-c2ccc3ccccc3c2)cc1. The van der Waals surface area contributed by atoms with E-state index in [1.807, 2.05) is 11.3 Å². The monoisotopic (exact) mass is 553 g/mol. The van der Waals surface area contributed by atoms with Gasteiger partial charge in [-0.15, -0.1) is 11.3 Å². The molecule has 0 atom stereocenters. The topological polar surface area (TPSA) is 3.24 Å². The Morgan fingerprint density at radius 3 is 2.00 bits per heavy atom. The first-order valence-corrected chi connectivity index (χ1v) is 15.1. The summed E-state index contributed by atoms with van der Waals surface area (Å²) in [7, 11) is 0. The largest absolute Gasteiger partial charge is 0.310 e. The first-order valence-electron chi connectivity index (χ1n) is 14.3. The average molecular weight is 554 g/mol. The van der Waals surface area contributed by atoms with Crippen molar-refractivity contribution < 1.29 is 0 Å². The van der Waals surface area contributed by atoms with Gasteiger partial charge in [-0.1, -0.05) is 115 Å². The molecule has 1 nitrogen and oxygen atoms in total. The predicted molar refractivity (Wildman–Crippen MR) is 182 cm³/mol. The minimum absolute atomic E-state index is 1.13. The summed E-state index contributed by atoms with van der Waals surface area (Å²) >= 11 is 1.86. The molecule has 0 N–H and O–H groups in total. The standard InChI is InChI=1S/C40H27NS/c1-2-14-33(15-3-1)41(38-19-8-6-17-35(38)32-22-21-28-11-4-5-12-29(28)25-32)34-16-10-13-30(26-34)31-23-24-37-36-18-7-9-20-39(36)42-40(37)27-31/h1-27H. The zero-order chi connectivity index (χ0) is 27.9. The Bertz CT molecular complexity index is 2210. The van der Waals surface area contributed by atoms with Crippen molar-refractivity contribution in [2.45, 2.75) is 0 Å². The Labute approximate surface area is 249 Å². The molecule has 8 rings (SSSR count). The highest BCUT2D eigenvalue weighted by molar-refractivity contribution is 7.25. The van der Waals surface area contributed by atoms with Crippen LogP contribution in [0.4, 0.5) is 17.1 Å². The van der Waals surface area contributed by atoms with E-state index in [1.165, 1.54) is 53.2 Å². The summed E-state index contributed by atoms with van der Waals surface area (Å²) in [5, 5.41) is 5.15. The van der Waals surface area contributed by atoms with Crippen molar-refractivity contribution in [1.29, 1.82) is 0 Å². The van der Waals surface area contributed by atoms with Crippen LogP contribution in [0.3, 0.4) is 0 Å². The van der Waals surface area contributed by atoms with Crippen molar-refractivity contribution in [2.24, 2.45) is 0 Å². The molecule has 0 unspecified atom stereocenters. The Morgan fingerprint density at radius 2 is 1.07 bits per heavy atom. The van der Waals surface area contributed by atoms with Gasteiger partial charge in [0.05, 0.1) is 5.69 Å². The van der Waals surface area contributed by atoms with Crippen LogP contribution in [0.5, 0.6) is 0 Å². The Kier molecular flexibility index (Phi) is 6.05. The van der Waals surface area contributed by atoms with Crippen LogP contribution in [0.2, 0.25) is 0 Å². The van der Waals surface area contributed by atoms with E-state index in [4.69, 9.17) is 0 Å². The molecular formula is C40H27NS. The summed E-state index contributed by atoms with van der Waals surface area (Å²) in [5.74, 6) is 0. The highest BCUT2D eigenvalue weighted by Gasteiger charge is 2.18. The van der Waals surface area contributed by atoms with Crippen molar-refractivity contribution in [3.05, 3.63) is 164 Å². The second kappa shape index (κ2) is 10.3. The zero-order valence-electron chi connectivity index (χ0n) is 22.9. The van der Waals surface area contributed by atoms with E-state index in [1.54, 1.807) is 0 Å². The lowest BCUT2D eigenvalue weighted by Crippen LogP contribution is -2.11. The summed E-state index contributed by atoms with van der Waals surface area (Å²) in [6.07, 6.45) is 0. The van der Waals surface area contributed by atoms with Gasteiger partial charge in [-0.25, -0.2) is 0 Å². The minimum atomic E-state index is 1.13. The molecule has 2 heteroatoms. The third-order valence-corrected chi connectivity index (χ3v) is 9.17. The molecule has 0 radical (unpaired) electrons. The molecule has 42 heavy (non-hydrogen) atoms. The fourth-order valence-electron chi connectivity index (χ4n) is 6.00. The van der Waals surface area contributed by atoms with E-state index in [2.05, 4.69) is 169 Å². The number of benzene rings is 7. The molecule has 0 bridgehead atoms. The third-order valence-electron chi connectivity index (χ3n) is 8.04. The molecule has 0 saturated heterocycles. The number of para-hydroxylation sites is 2. The lowest BCUT2D eigenvalue weighted by Gasteiger charge is -2.28. The lowest BCUT2D eigenvalue weighted by atomic mass is 9.98. The number of anilines is 3. The molecule has 0 aliphatic rings. The van der Waals surface area contributed by atoms with Gasteiger partial charge >= 0.3 is 0 Å². The fourth-order valence-corrected chi connectivity index (χ4v) is 7.15. The Balaban J connectivity index is 1.28. The van der Waals surface area contributed by atoms with Crippen molar-refractivity contribution in [3.8, 4) is 22.3 Å². The molecular weight excluding hydrogens is 527 g/mol. The van der Waals surface area contributed by atoms with Gasteiger partial charge < -0.3 is 4.90 Å². The molecule has 8 aromatic rings. The van der Waals surface area contributed by atoms with E-state index in [9.17, 15) is 0 Å². The number of thiophene rings is 1. The van der Waals surface area contributed by atoms with Crippen LogP contribution in [-0.2, 0) is 0 Å². The molecule has 1 aromatic heterocycles. The maximum absolute atomic E-state index is 2.38. The van der Waals surface area contributed by atoms with Gasteiger partial charge in [0.15, 0.2) is 0 Å². The number of nitrogens with zero attached hydrogens (tertiary/aromatic N) is 1. The van der Waals surface area contributed by atoms with Gasteiger partial charge in [-0.2, -0.15) is 0 Å². The van der Waals surface area contributed by atoms with Crippen LogP contribution in [0.1, 0.15) is 0 Å². The second-order valence-electron chi connectivity index (χ2n) is 10.6. The molecule has 0 spiro atoms. The highest BCUT2D eigenvalue weighted by Crippen LogP contribution is 2.43. The molecule has 0 amide bonds. The van der Waals surface area contributed by atoms with Crippen LogP contribution >= 0.6 is 11.3 Å². The summed E-state index contributed by atoms with van der Waals surface area (Å²) in [6, 6.07) is 59.2. The van der Waals surface area contributed by atoms with Crippen LogP contribution in [0, 0.1) is 0 Å². The predicted octanol–water partition coefficient (Wildman–Crippen LogP) is 12.0. The molecule has 0 fully saturated rings. The fraction of sp³-hybridized carbons (Fsp3) is 0. The summed E-state index contributed by atoms with van der Waals surface area (Å²) in [6.45, 7) is 0. The van der Waals surface area contributed by atoms with E-state index in [0.29, 0.717) is 0 Å². The van der Waals surface area contributed by atoms with Gasteiger partial charge in [0, 0.05) is 37.1 Å². The van der Waals surface area contributed by atoms with Gasteiger partial charge in [-0.3, -0.25) is 0 Å². The van der Waals surface area contributed by atoms with Crippen LogP contribution in [-0.4, -0.2) is 0 Å². The molecule has 7 aromatic carbocycles. The normalized spacial score (nSPS) is 11.3. The first-order chi connectivity index (χ1) is 20.8. The van der Waals surface area contributed by atoms with E-state index in [0.717, 1.165) is 17.1 Å². The van der Waals surface area contributed by atoms with Crippen molar-refractivity contribution >= 4 is 59.3 Å². The smallest absolute Gasteiger partial charge is 0.0540 e. The van der Waals surface area contributed by atoms with Gasteiger partial charge in [0.25, 0.3) is 0 Å². The summed E-state index contributed by atoms with van der Waals surface area (Å²) in [4.78, 5) is 2.38. The maximum atomic E-state index is 2.38. The third kappa shape index (κ3) is 4.34. The van der Waals surface area contributed by atoms with Crippen LogP contribution in [0.25, 0.3) is 53.2 Å². The molecule has 0 aliphatic carbocycles. The van der Waals surface area contributed by atoms with Gasteiger partial charge in [0.1, 0.15) is 0 Å². The quantitative estimate of drug-likeness (QED) is 0.205. The summed E-state index contributed by atoms with van der Waals surface area (Å²) < 4.78 is 2.65. The van der Waals surface area contributed by atoms with E-state index >= 15 is 0 Å². The molecule has 0 aliphatic heterocycles. The van der Waals surface area contributed by atoms with Crippen LogP contribution in [0.15, 0.2) is 164 Å². The van der Waals surface area contributed by atoms with E-state index < -0.39 is 0 Å². The molecule has 0 saturated carbocycles. The zero-order valence-corrected chi connectivity index (χ0v) is 23.8. The number of rotatable bonds is 5. The Morgan fingerprint density at radius 1 is 0.381 bits per heavy atom. The number of hydrogen-bond donors (Lipinski definition) is 0. The van der Waals surface area contributed by atoms with Crippen molar-refractivity contribution in [2.75, 3.05) is 4.90 Å². The van der Waals surface area contributed by atoms with Gasteiger partial charge in [-0.05, 0) is 76.0 Å². The van der Waals surface area contributed by atoms with Gasteiger partial charge in [0.2, 0.25) is 0 Å². The highest BCUT2D eigenvalue weighted by atomic mass is 32.1. The number of fused-ring (bicyclic) bond motifs is 4. The van der Waals surface area contributed by atoms with Crippen LogP contribution < -0.4 is 4.90 Å². The summed E-state index contributed by atoms with van der Waals surface area (Å²) in [5.41, 5.74) is 8.24. The first kappa shape index (κ1) is 24.6. The lowest BCUT2D eigenvalue weighted by molar-refractivity contribution is 1.28. The molecule has 1 heterocycles. The average Bonchev–Trinajstić information content (AvgIpc) is 3.44. The Hall–Kier alpha value is -5.18.